The second-order valence-corrected chi connectivity index (χ2v) is 4.96. The zero-order chi connectivity index (χ0) is 12.3. The van der Waals surface area contributed by atoms with Gasteiger partial charge in [0.1, 0.15) is 0 Å². The van der Waals surface area contributed by atoms with Gasteiger partial charge in [-0.2, -0.15) is 0 Å². The van der Waals surface area contributed by atoms with Gasteiger partial charge in [0.05, 0.1) is 12.0 Å². The molecule has 0 saturated carbocycles. The quantitative estimate of drug-likeness (QED) is 0.584. The summed E-state index contributed by atoms with van der Waals surface area (Å²) in [5.74, 6) is 0.326. The summed E-state index contributed by atoms with van der Waals surface area (Å²) in [6, 6.07) is 5.18. The molecule has 1 rings (SSSR count). The maximum absolute atomic E-state index is 11.0. The van der Waals surface area contributed by atoms with E-state index < -0.39 is 0 Å². The molecule has 0 spiro atoms. The van der Waals surface area contributed by atoms with Crippen molar-refractivity contribution in [2.24, 2.45) is 5.41 Å². The molecule has 1 aromatic carbocycles. The van der Waals surface area contributed by atoms with E-state index in [1.807, 2.05) is 0 Å². The Morgan fingerprint density at radius 2 is 2.00 bits per heavy atom. The first-order valence-corrected chi connectivity index (χ1v) is 5.15. The summed E-state index contributed by atoms with van der Waals surface area (Å²) in [7, 11) is 1.45. The van der Waals surface area contributed by atoms with E-state index in [9.17, 15) is 10.1 Å². The van der Waals surface area contributed by atoms with Crippen molar-refractivity contribution in [1.82, 2.24) is 0 Å². The Balaban J connectivity index is 3.22. The van der Waals surface area contributed by atoms with E-state index in [0.29, 0.717) is 12.2 Å². The van der Waals surface area contributed by atoms with E-state index in [2.05, 4.69) is 20.8 Å². The summed E-state index contributed by atoms with van der Waals surface area (Å²) >= 11 is 0. The van der Waals surface area contributed by atoms with Crippen LogP contribution in [0.1, 0.15) is 26.3 Å². The largest absolute Gasteiger partial charge is 0.490 e. The van der Waals surface area contributed by atoms with Gasteiger partial charge < -0.3 is 4.74 Å². The van der Waals surface area contributed by atoms with Gasteiger partial charge in [0, 0.05) is 5.56 Å². The molecule has 0 radical (unpaired) electrons. The number of ether oxygens (including phenoxy) is 1. The van der Waals surface area contributed by atoms with Crippen molar-refractivity contribution in [2.75, 3.05) is 7.11 Å². The van der Waals surface area contributed by atoms with Gasteiger partial charge in [0.2, 0.25) is 0 Å². The monoisotopic (exact) mass is 223 g/mol. The van der Waals surface area contributed by atoms with Gasteiger partial charge in [0.15, 0.2) is 5.75 Å². The molecule has 4 heteroatoms. The molecule has 0 fully saturated rings. The fourth-order valence-corrected chi connectivity index (χ4v) is 1.65. The molecular formula is C12H17NO3. The molecule has 0 atom stereocenters. The normalized spacial score (nSPS) is 11.2. The molecule has 0 bridgehead atoms. The summed E-state index contributed by atoms with van der Waals surface area (Å²) in [4.78, 5) is 10.6. The van der Waals surface area contributed by atoms with E-state index in [-0.39, 0.29) is 16.0 Å². The molecule has 0 aliphatic heterocycles. The van der Waals surface area contributed by atoms with Gasteiger partial charge in [-0.15, -0.1) is 0 Å². The first kappa shape index (κ1) is 12.5. The average Bonchev–Trinajstić information content (AvgIpc) is 2.14. The van der Waals surface area contributed by atoms with E-state index in [0.717, 1.165) is 5.56 Å². The molecule has 4 nitrogen and oxygen atoms in total. The highest BCUT2D eigenvalue weighted by atomic mass is 16.6. The lowest BCUT2D eigenvalue weighted by Gasteiger charge is -2.18. The molecule has 0 unspecified atom stereocenters. The molecule has 1 aromatic rings. The number of methoxy groups -OCH3 is 1. The molecule has 16 heavy (non-hydrogen) atoms. The lowest BCUT2D eigenvalue weighted by atomic mass is 9.87. The van der Waals surface area contributed by atoms with Crippen molar-refractivity contribution in [1.29, 1.82) is 0 Å². The third-order valence-corrected chi connectivity index (χ3v) is 2.21. The minimum Gasteiger partial charge on any atom is -0.490 e. The lowest BCUT2D eigenvalue weighted by molar-refractivity contribution is -0.386. The number of hydrogen-bond acceptors (Lipinski definition) is 3. The summed E-state index contributed by atoms with van der Waals surface area (Å²) in [5.41, 5.74) is 0.814. The highest BCUT2D eigenvalue weighted by Crippen LogP contribution is 2.34. The summed E-state index contributed by atoms with van der Waals surface area (Å²) < 4.78 is 5.02. The van der Waals surface area contributed by atoms with Crippen LogP contribution in [0.4, 0.5) is 5.69 Å². The number of hydrogen-bond donors (Lipinski definition) is 0. The highest BCUT2D eigenvalue weighted by Gasteiger charge is 2.23. The third kappa shape index (κ3) is 2.95. The Hall–Kier alpha value is -1.58. The van der Waals surface area contributed by atoms with Gasteiger partial charge in [-0.1, -0.05) is 32.9 Å². The highest BCUT2D eigenvalue weighted by molar-refractivity contribution is 5.53. The molecule has 0 heterocycles. The van der Waals surface area contributed by atoms with E-state index in [4.69, 9.17) is 4.74 Å². The zero-order valence-electron chi connectivity index (χ0n) is 10.1. The smallest absolute Gasteiger partial charge is 0.314 e. The van der Waals surface area contributed by atoms with Crippen molar-refractivity contribution in [3.05, 3.63) is 33.9 Å². The topological polar surface area (TPSA) is 52.4 Å². The van der Waals surface area contributed by atoms with Crippen LogP contribution in [0, 0.1) is 15.5 Å². The van der Waals surface area contributed by atoms with Crippen molar-refractivity contribution >= 4 is 5.69 Å². The van der Waals surface area contributed by atoms with E-state index >= 15 is 0 Å². The summed E-state index contributed by atoms with van der Waals surface area (Å²) in [6.45, 7) is 6.16. The van der Waals surface area contributed by atoms with Crippen molar-refractivity contribution in [3.63, 3.8) is 0 Å². The van der Waals surface area contributed by atoms with Gasteiger partial charge in [-0.3, -0.25) is 10.1 Å². The van der Waals surface area contributed by atoms with Gasteiger partial charge in [-0.05, 0) is 17.9 Å². The first-order chi connectivity index (χ1) is 7.35. The molecule has 0 N–H and O–H groups in total. The van der Waals surface area contributed by atoms with Crippen LogP contribution in [0.3, 0.4) is 0 Å². The van der Waals surface area contributed by atoms with Gasteiger partial charge in [-0.25, -0.2) is 0 Å². The zero-order valence-corrected chi connectivity index (χ0v) is 10.1. The third-order valence-electron chi connectivity index (χ3n) is 2.21. The van der Waals surface area contributed by atoms with Crippen molar-refractivity contribution in [2.45, 2.75) is 27.2 Å². The standard InChI is InChI=1S/C12H17NO3/c1-12(2,3)8-9-6-5-7-10(16-4)11(9)13(14)15/h5-7H,8H2,1-4H3. The summed E-state index contributed by atoms with van der Waals surface area (Å²) in [5, 5.41) is 11.0. The molecule has 88 valence electrons. The molecule has 0 amide bonds. The van der Waals surface area contributed by atoms with Crippen molar-refractivity contribution < 1.29 is 9.66 Å². The van der Waals surface area contributed by atoms with Gasteiger partial charge >= 0.3 is 5.69 Å². The maximum atomic E-state index is 11.0. The maximum Gasteiger partial charge on any atom is 0.314 e. The Kier molecular flexibility index (Phi) is 3.52. The minimum absolute atomic E-state index is 0.0110. The Bertz CT molecular complexity index is 394. The molecule has 0 aromatic heterocycles. The lowest BCUT2D eigenvalue weighted by Crippen LogP contribution is -2.11. The van der Waals surface area contributed by atoms with Crippen LogP contribution in [0.15, 0.2) is 18.2 Å². The van der Waals surface area contributed by atoms with Crippen LogP contribution in [-0.2, 0) is 6.42 Å². The number of nitro groups is 1. The van der Waals surface area contributed by atoms with Crippen LogP contribution >= 0.6 is 0 Å². The fraction of sp³-hybridized carbons (Fsp3) is 0.500. The Morgan fingerprint density at radius 1 is 1.38 bits per heavy atom. The van der Waals surface area contributed by atoms with Gasteiger partial charge in [0.25, 0.3) is 0 Å². The molecule has 0 aliphatic carbocycles. The SMILES string of the molecule is COc1cccc(CC(C)(C)C)c1[N+](=O)[O-]. The number of nitrogens with zero attached hydrogens (tertiary/aromatic N) is 1. The van der Waals surface area contributed by atoms with Crippen LogP contribution in [0.5, 0.6) is 5.75 Å². The molecule has 0 saturated heterocycles. The number of para-hydroxylation sites is 1. The van der Waals surface area contributed by atoms with E-state index in [1.54, 1.807) is 18.2 Å². The first-order valence-electron chi connectivity index (χ1n) is 5.15. The Labute approximate surface area is 95.4 Å². The van der Waals surface area contributed by atoms with E-state index in [1.165, 1.54) is 7.11 Å². The van der Waals surface area contributed by atoms with Crippen LogP contribution < -0.4 is 4.74 Å². The predicted octanol–water partition coefficient (Wildman–Crippen LogP) is 3.19. The van der Waals surface area contributed by atoms with Crippen LogP contribution in [0.25, 0.3) is 0 Å². The average molecular weight is 223 g/mol. The number of rotatable bonds is 3. The number of nitro benzene ring substituents is 1. The molecule has 0 aliphatic rings. The Morgan fingerprint density at radius 3 is 2.44 bits per heavy atom. The minimum atomic E-state index is -0.375. The van der Waals surface area contributed by atoms with Crippen molar-refractivity contribution in [3.8, 4) is 5.75 Å². The predicted molar refractivity (Wildman–Crippen MR) is 62.8 cm³/mol. The molecular weight excluding hydrogens is 206 g/mol. The summed E-state index contributed by atoms with van der Waals surface area (Å²) in [6.07, 6.45) is 0.653. The second kappa shape index (κ2) is 4.51. The fourth-order valence-electron chi connectivity index (χ4n) is 1.65. The van der Waals surface area contributed by atoms with Crippen LogP contribution in [0.2, 0.25) is 0 Å². The van der Waals surface area contributed by atoms with Crippen LogP contribution in [-0.4, -0.2) is 12.0 Å². The number of benzene rings is 1. The second-order valence-electron chi connectivity index (χ2n) is 4.96.